The van der Waals surface area contributed by atoms with E-state index in [1.807, 2.05) is 34.6 Å². The molecule has 5 N–H and O–H groups in total. The first kappa shape index (κ1) is 40.5. The van der Waals surface area contributed by atoms with Crippen LogP contribution in [0.5, 0.6) is 0 Å². The number of nitrogens with one attached hydrogen (secondary N) is 3. The molecule has 1 aliphatic carbocycles. The van der Waals surface area contributed by atoms with Crippen LogP contribution >= 0.6 is 0 Å². The van der Waals surface area contributed by atoms with Crippen molar-refractivity contribution in [1.29, 1.82) is 0 Å². The van der Waals surface area contributed by atoms with Crippen LogP contribution in [0.15, 0.2) is 0 Å². The third-order valence-electron chi connectivity index (χ3n) is 9.73. The largest absolute Gasteiger partial charge is 0.363 e. The molecule has 0 aromatic carbocycles. The molecule has 2 rings (SSSR count). The van der Waals surface area contributed by atoms with Crippen molar-refractivity contribution in [3.63, 3.8) is 0 Å². The molecule has 1 heterocycles. The molecular formula is C34H61N5O7S. The van der Waals surface area contributed by atoms with E-state index < -0.39 is 73.2 Å². The number of Topliss-reactive ketones (excluding diaryl/α,β-unsaturated/α-hetero) is 1. The van der Waals surface area contributed by atoms with Crippen molar-refractivity contribution >= 4 is 39.4 Å². The van der Waals surface area contributed by atoms with Gasteiger partial charge in [0.1, 0.15) is 12.1 Å². The third kappa shape index (κ3) is 10.9. The van der Waals surface area contributed by atoms with E-state index in [1.165, 1.54) is 4.90 Å². The van der Waals surface area contributed by atoms with Crippen molar-refractivity contribution in [2.75, 3.05) is 12.3 Å². The van der Waals surface area contributed by atoms with Crippen molar-refractivity contribution in [1.82, 2.24) is 20.9 Å². The highest BCUT2D eigenvalue weighted by Gasteiger charge is 2.48. The summed E-state index contributed by atoms with van der Waals surface area (Å²) in [6.07, 6.45) is 2.79. The molecule has 270 valence electrons. The number of nitrogens with zero attached hydrogens (tertiary/aromatic N) is 1. The van der Waals surface area contributed by atoms with Crippen LogP contribution < -0.4 is 21.7 Å². The molecule has 1 saturated heterocycles. The highest BCUT2D eigenvalue weighted by atomic mass is 32.2. The summed E-state index contributed by atoms with van der Waals surface area (Å²) in [5.74, 6) is -3.00. The van der Waals surface area contributed by atoms with E-state index in [2.05, 4.69) is 16.0 Å². The van der Waals surface area contributed by atoms with Gasteiger partial charge in [0.05, 0.1) is 22.1 Å². The second-order valence-electron chi connectivity index (χ2n) is 17.5. The summed E-state index contributed by atoms with van der Waals surface area (Å²) in [6, 6.07) is -3.80. The first-order chi connectivity index (χ1) is 21.1. The molecule has 5 atom stereocenters. The van der Waals surface area contributed by atoms with Gasteiger partial charge >= 0.3 is 6.03 Å². The molecule has 1 saturated carbocycles. The number of likely N-dealkylation sites (tertiary alicyclic amines) is 1. The van der Waals surface area contributed by atoms with Crippen LogP contribution in [-0.4, -0.2) is 83.6 Å². The van der Waals surface area contributed by atoms with Gasteiger partial charge in [0, 0.05) is 6.54 Å². The molecule has 3 unspecified atom stereocenters. The van der Waals surface area contributed by atoms with Gasteiger partial charge in [-0.1, -0.05) is 68.2 Å². The maximum Gasteiger partial charge on any atom is 0.315 e. The van der Waals surface area contributed by atoms with E-state index in [-0.39, 0.29) is 35.5 Å². The lowest BCUT2D eigenvalue weighted by Crippen LogP contribution is -2.66. The molecule has 2 fully saturated rings. The Kier molecular flexibility index (Phi) is 12.4. The smallest absolute Gasteiger partial charge is 0.315 e. The second-order valence-corrected chi connectivity index (χ2v) is 20.2. The van der Waals surface area contributed by atoms with E-state index in [0.29, 0.717) is 19.3 Å². The Bertz CT molecular complexity index is 1310. The van der Waals surface area contributed by atoms with E-state index >= 15 is 0 Å². The van der Waals surface area contributed by atoms with Gasteiger partial charge in [-0.15, -0.1) is 0 Å². The van der Waals surface area contributed by atoms with Crippen molar-refractivity contribution in [3.8, 4) is 0 Å². The van der Waals surface area contributed by atoms with E-state index in [1.54, 1.807) is 48.5 Å². The minimum Gasteiger partial charge on any atom is -0.363 e. The summed E-state index contributed by atoms with van der Waals surface area (Å²) < 4.78 is 25.4. The lowest BCUT2D eigenvalue weighted by molar-refractivity contribution is -0.151. The number of amides is 5. The Morgan fingerprint density at radius 1 is 0.957 bits per heavy atom. The fourth-order valence-electron chi connectivity index (χ4n) is 6.25. The highest BCUT2D eigenvalue weighted by Crippen LogP contribution is 2.40. The van der Waals surface area contributed by atoms with Gasteiger partial charge in [-0.3, -0.25) is 19.2 Å². The topological polar surface area (TPSA) is 185 Å². The zero-order valence-electron chi connectivity index (χ0n) is 30.7. The molecular weight excluding hydrogens is 622 g/mol. The number of urea groups is 1. The average Bonchev–Trinajstić information content (AvgIpc) is 3.68. The maximum atomic E-state index is 14.4. The average molecular weight is 684 g/mol. The van der Waals surface area contributed by atoms with Crippen molar-refractivity contribution in [3.05, 3.63) is 0 Å². The summed E-state index contributed by atoms with van der Waals surface area (Å²) >= 11 is 0. The quantitative estimate of drug-likeness (QED) is 0.215. The van der Waals surface area contributed by atoms with Gasteiger partial charge < -0.3 is 26.6 Å². The summed E-state index contributed by atoms with van der Waals surface area (Å²) in [4.78, 5) is 67.9. The van der Waals surface area contributed by atoms with Crippen molar-refractivity contribution in [2.45, 2.75) is 144 Å². The van der Waals surface area contributed by atoms with Crippen LogP contribution in [-0.2, 0) is 29.0 Å². The molecule has 12 nitrogen and oxygen atoms in total. The van der Waals surface area contributed by atoms with Crippen LogP contribution in [0.2, 0.25) is 0 Å². The Hall–Kier alpha value is -2.70. The molecule has 47 heavy (non-hydrogen) atoms. The number of ketones is 1. The molecule has 0 aromatic rings. The number of nitrogens with two attached hydrogens (primary N) is 1. The van der Waals surface area contributed by atoms with Gasteiger partial charge in [0.15, 0.2) is 9.84 Å². The number of carbonyl (C=O) groups is 5. The molecule has 0 aromatic heterocycles. The Morgan fingerprint density at radius 3 is 1.96 bits per heavy atom. The van der Waals surface area contributed by atoms with Gasteiger partial charge in [-0.2, -0.15) is 0 Å². The number of hydrogen-bond acceptors (Lipinski definition) is 7. The normalized spacial score (nSPS) is 22.9. The molecule has 0 radical (unpaired) electrons. The van der Waals surface area contributed by atoms with Crippen LogP contribution in [0.1, 0.15) is 115 Å². The fourth-order valence-corrected chi connectivity index (χ4v) is 7.72. The second kappa shape index (κ2) is 14.4. The Labute approximate surface area is 282 Å². The number of rotatable bonds is 13. The lowest BCUT2D eigenvalue weighted by atomic mass is 9.71. The van der Waals surface area contributed by atoms with Gasteiger partial charge in [-0.25, -0.2) is 13.2 Å². The van der Waals surface area contributed by atoms with Crippen LogP contribution in [0.4, 0.5) is 4.79 Å². The highest BCUT2D eigenvalue weighted by molar-refractivity contribution is 7.92. The third-order valence-corrected chi connectivity index (χ3v) is 12.6. The number of carbonyl (C=O) groups excluding carboxylic acids is 5. The number of sulfone groups is 1. The minimum absolute atomic E-state index is 0.00334. The SMILES string of the molecule is CC(C)CC(C)(CS(=O)(=O)C(C)(C)C)NC(=O)N[C@H](C(=O)N1CC(C)C(C)(C)C[C@H]1C(=O)NC(CC1CC1)C(=O)C(N)=O)C(C)(C)C. The van der Waals surface area contributed by atoms with E-state index in [0.717, 1.165) is 12.8 Å². The van der Waals surface area contributed by atoms with E-state index in [4.69, 9.17) is 5.73 Å². The zero-order chi connectivity index (χ0) is 36.5. The predicted octanol–water partition coefficient (Wildman–Crippen LogP) is 3.32. The lowest BCUT2D eigenvalue weighted by Gasteiger charge is -2.48. The Morgan fingerprint density at radius 2 is 1.51 bits per heavy atom. The summed E-state index contributed by atoms with van der Waals surface area (Å²) in [5.41, 5.74) is 3.05. The number of hydrogen-bond donors (Lipinski definition) is 4. The first-order valence-electron chi connectivity index (χ1n) is 16.9. The molecule has 0 bridgehead atoms. The zero-order valence-corrected chi connectivity index (χ0v) is 31.5. The predicted molar refractivity (Wildman–Crippen MR) is 183 cm³/mol. The standard InChI is InChI=1S/C34H61N5O7S/c1-20(2)16-34(12,19-47(45,46)32(7,8)9)38-30(44)37-26(31(4,5)6)29(43)39-18-21(3)33(10,11)17-24(39)28(42)36-23(15-22-13-14-22)25(40)27(35)41/h20-24,26H,13-19H2,1-12H3,(H2,35,41)(H,36,42)(H2,37,38,44)/t21?,23?,24-,26+,34?/m0/s1. The van der Waals surface area contributed by atoms with Crippen LogP contribution in [0.3, 0.4) is 0 Å². The first-order valence-corrected chi connectivity index (χ1v) is 18.5. The van der Waals surface area contributed by atoms with Gasteiger partial charge in [-0.05, 0) is 75.5 Å². The molecule has 5 amide bonds. The molecule has 2 aliphatic rings. The van der Waals surface area contributed by atoms with Gasteiger partial charge in [0.25, 0.3) is 5.91 Å². The maximum absolute atomic E-state index is 14.4. The summed E-state index contributed by atoms with van der Waals surface area (Å²) in [7, 11) is -3.61. The number of piperidine rings is 1. The molecule has 1 aliphatic heterocycles. The van der Waals surface area contributed by atoms with Crippen molar-refractivity contribution < 1.29 is 32.4 Å². The van der Waals surface area contributed by atoms with Crippen LogP contribution in [0, 0.1) is 28.6 Å². The minimum atomic E-state index is -3.61. The fraction of sp³-hybridized carbons (Fsp3) is 0.853. The summed E-state index contributed by atoms with van der Waals surface area (Å²) in [5, 5.41) is 8.45. The molecule has 0 spiro atoms. The Balaban J connectivity index is 2.41. The monoisotopic (exact) mass is 683 g/mol. The van der Waals surface area contributed by atoms with Gasteiger partial charge in [0.2, 0.25) is 17.6 Å². The van der Waals surface area contributed by atoms with E-state index in [9.17, 15) is 32.4 Å². The summed E-state index contributed by atoms with van der Waals surface area (Å²) in [6.45, 7) is 22.1. The van der Waals surface area contributed by atoms with Crippen molar-refractivity contribution in [2.24, 2.45) is 34.3 Å². The molecule has 13 heteroatoms. The van der Waals surface area contributed by atoms with Crippen LogP contribution in [0.25, 0.3) is 0 Å². The number of primary amides is 1.